The summed E-state index contributed by atoms with van der Waals surface area (Å²) in [5.41, 5.74) is 0.625. The molecule has 2 heterocycles. The van der Waals surface area contributed by atoms with Gasteiger partial charge in [0.1, 0.15) is 0 Å². The summed E-state index contributed by atoms with van der Waals surface area (Å²) in [6.07, 6.45) is 1.98. The molecule has 2 fully saturated rings. The molecule has 150 valence electrons. The second kappa shape index (κ2) is 8.68. The summed E-state index contributed by atoms with van der Waals surface area (Å²) in [4.78, 5) is 16.9. The molecule has 2 saturated heterocycles. The van der Waals surface area contributed by atoms with Gasteiger partial charge >= 0.3 is 0 Å². The number of anilines is 1. The third-order valence-electron chi connectivity index (χ3n) is 5.36. The third kappa shape index (κ3) is 5.28. The predicted octanol–water partition coefficient (Wildman–Crippen LogP) is 1.29. The molecule has 7 nitrogen and oxygen atoms in total. The number of hydrogen-bond acceptors (Lipinski definition) is 5. The zero-order chi connectivity index (χ0) is 19.4. The highest BCUT2D eigenvalue weighted by Gasteiger charge is 2.28. The topological polar surface area (TPSA) is 73.0 Å². The van der Waals surface area contributed by atoms with Gasteiger partial charge in [-0.25, -0.2) is 8.42 Å². The van der Waals surface area contributed by atoms with E-state index >= 15 is 0 Å². The van der Waals surface area contributed by atoms with Gasteiger partial charge < -0.3 is 10.2 Å². The van der Waals surface area contributed by atoms with Gasteiger partial charge in [0.15, 0.2) is 0 Å². The van der Waals surface area contributed by atoms with E-state index in [2.05, 4.69) is 29.1 Å². The Hall–Kier alpha value is -1.48. The van der Waals surface area contributed by atoms with E-state index in [1.54, 1.807) is 28.6 Å². The Balaban J connectivity index is 1.57. The van der Waals surface area contributed by atoms with Crippen LogP contribution in [-0.4, -0.2) is 81.3 Å². The van der Waals surface area contributed by atoms with Crippen LogP contribution in [-0.2, 0) is 14.8 Å². The van der Waals surface area contributed by atoms with Crippen molar-refractivity contribution < 1.29 is 13.2 Å². The number of rotatable bonds is 5. The van der Waals surface area contributed by atoms with Crippen LogP contribution in [0.25, 0.3) is 0 Å². The van der Waals surface area contributed by atoms with E-state index in [-0.39, 0.29) is 10.8 Å². The first-order chi connectivity index (χ1) is 12.8. The second-order valence-electron chi connectivity index (χ2n) is 7.76. The van der Waals surface area contributed by atoms with Crippen LogP contribution in [0.2, 0.25) is 0 Å². The Morgan fingerprint density at radius 2 is 1.78 bits per heavy atom. The first-order valence-corrected chi connectivity index (χ1v) is 11.1. The molecule has 0 bridgehead atoms. The molecule has 2 aliphatic rings. The summed E-state index contributed by atoms with van der Waals surface area (Å²) >= 11 is 0. The standard InChI is InChI=1S/C19H30N4O3S/c1-16-4-3-9-23(14-16)27(25,26)18-7-5-17(6-8-18)20-19(24)15-22-12-10-21(2)11-13-22/h5-8,16H,3-4,9-15H2,1-2H3,(H,20,24)/t16-/m1/s1. The molecular weight excluding hydrogens is 364 g/mol. The molecule has 1 amide bonds. The molecule has 0 radical (unpaired) electrons. The fourth-order valence-corrected chi connectivity index (χ4v) is 5.23. The van der Waals surface area contributed by atoms with Gasteiger partial charge in [0.05, 0.1) is 11.4 Å². The molecule has 8 heteroatoms. The number of nitrogens with one attached hydrogen (secondary N) is 1. The number of amides is 1. The maximum Gasteiger partial charge on any atom is 0.243 e. The smallest absolute Gasteiger partial charge is 0.243 e. The lowest BCUT2D eigenvalue weighted by Gasteiger charge is -2.31. The van der Waals surface area contributed by atoms with Crippen molar-refractivity contribution in [3.05, 3.63) is 24.3 Å². The lowest BCUT2D eigenvalue weighted by atomic mass is 10.0. The van der Waals surface area contributed by atoms with E-state index in [0.29, 0.717) is 31.2 Å². The molecule has 2 aliphatic heterocycles. The monoisotopic (exact) mass is 394 g/mol. The minimum Gasteiger partial charge on any atom is -0.325 e. The van der Waals surface area contributed by atoms with E-state index < -0.39 is 10.0 Å². The van der Waals surface area contributed by atoms with Crippen LogP contribution in [0.5, 0.6) is 0 Å². The van der Waals surface area contributed by atoms with Crippen molar-refractivity contribution in [3.63, 3.8) is 0 Å². The van der Waals surface area contributed by atoms with Crippen molar-refractivity contribution in [2.24, 2.45) is 5.92 Å². The van der Waals surface area contributed by atoms with Gasteiger partial charge in [-0.05, 0) is 50.1 Å². The van der Waals surface area contributed by atoms with Crippen LogP contribution in [0.4, 0.5) is 5.69 Å². The lowest BCUT2D eigenvalue weighted by Crippen LogP contribution is -2.47. The van der Waals surface area contributed by atoms with Crippen molar-refractivity contribution in [2.45, 2.75) is 24.7 Å². The Morgan fingerprint density at radius 3 is 2.41 bits per heavy atom. The Bertz CT molecular complexity index is 743. The van der Waals surface area contributed by atoms with Crippen LogP contribution in [0, 0.1) is 5.92 Å². The number of carbonyl (C=O) groups excluding carboxylic acids is 1. The van der Waals surface area contributed by atoms with Gasteiger partial charge in [-0.3, -0.25) is 9.69 Å². The minimum absolute atomic E-state index is 0.0694. The third-order valence-corrected chi connectivity index (χ3v) is 7.24. The van der Waals surface area contributed by atoms with Crippen molar-refractivity contribution in [2.75, 3.05) is 58.2 Å². The number of hydrogen-bond donors (Lipinski definition) is 1. The van der Waals surface area contributed by atoms with Crippen LogP contribution in [0.15, 0.2) is 29.2 Å². The molecule has 1 atom stereocenters. The van der Waals surface area contributed by atoms with Crippen molar-refractivity contribution in [3.8, 4) is 0 Å². The number of benzene rings is 1. The van der Waals surface area contributed by atoms with E-state index in [1.807, 2.05) is 0 Å². The quantitative estimate of drug-likeness (QED) is 0.815. The largest absolute Gasteiger partial charge is 0.325 e. The van der Waals surface area contributed by atoms with Gasteiger partial charge in [0.2, 0.25) is 15.9 Å². The average molecular weight is 395 g/mol. The minimum atomic E-state index is -3.46. The summed E-state index contributed by atoms with van der Waals surface area (Å²) in [6, 6.07) is 6.50. The van der Waals surface area contributed by atoms with E-state index in [9.17, 15) is 13.2 Å². The maximum absolute atomic E-state index is 12.8. The fraction of sp³-hybridized carbons (Fsp3) is 0.632. The maximum atomic E-state index is 12.8. The van der Waals surface area contributed by atoms with Crippen LogP contribution in [0.1, 0.15) is 19.8 Å². The van der Waals surface area contributed by atoms with Crippen molar-refractivity contribution in [1.82, 2.24) is 14.1 Å². The summed E-state index contributed by atoms with van der Waals surface area (Å²) in [7, 11) is -1.38. The number of nitrogens with zero attached hydrogens (tertiary/aromatic N) is 3. The first-order valence-electron chi connectivity index (χ1n) is 9.65. The molecule has 0 unspecified atom stereocenters. The first kappa shape index (κ1) is 20.3. The number of piperazine rings is 1. The van der Waals surface area contributed by atoms with E-state index in [0.717, 1.165) is 39.0 Å². The Kier molecular flexibility index (Phi) is 6.52. The SMILES string of the molecule is C[C@@H]1CCCN(S(=O)(=O)c2ccc(NC(=O)CN3CCN(C)CC3)cc2)C1. The molecule has 27 heavy (non-hydrogen) atoms. The molecule has 0 spiro atoms. The summed E-state index contributed by atoms with van der Waals surface area (Å²) in [6.45, 7) is 7.30. The summed E-state index contributed by atoms with van der Waals surface area (Å²) < 4.78 is 27.1. The highest BCUT2D eigenvalue weighted by atomic mass is 32.2. The Morgan fingerprint density at radius 1 is 1.11 bits per heavy atom. The Labute approximate surface area is 162 Å². The second-order valence-corrected chi connectivity index (χ2v) is 9.70. The summed E-state index contributed by atoms with van der Waals surface area (Å²) in [5, 5.41) is 2.86. The number of piperidine rings is 1. The van der Waals surface area contributed by atoms with Gasteiger partial charge in [0, 0.05) is 45.0 Å². The number of carbonyl (C=O) groups is 1. The number of sulfonamides is 1. The highest BCUT2D eigenvalue weighted by Crippen LogP contribution is 2.24. The average Bonchev–Trinajstić information content (AvgIpc) is 2.64. The predicted molar refractivity (Wildman–Crippen MR) is 106 cm³/mol. The number of likely N-dealkylation sites (N-methyl/N-ethyl adjacent to an activating group) is 1. The van der Waals surface area contributed by atoms with Gasteiger partial charge in [0.25, 0.3) is 0 Å². The van der Waals surface area contributed by atoms with Crippen molar-refractivity contribution in [1.29, 1.82) is 0 Å². The lowest BCUT2D eigenvalue weighted by molar-refractivity contribution is -0.117. The fourth-order valence-electron chi connectivity index (χ4n) is 3.63. The van der Waals surface area contributed by atoms with Crippen LogP contribution >= 0.6 is 0 Å². The van der Waals surface area contributed by atoms with E-state index in [4.69, 9.17) is 0 Å². The molecule has 0 saturated carbocycles. The molecule has 1 aromatic carbocycles. The zero-order valence-electron chi connectivity index (χ0n) is 16.2. The molecular formula is C19H30N4O3S. The van der Waals surface area contributed by atoms with Crippen LogP contribution < -0.4 is 5.32 Å². The molecule has 0 aromatic heterocycles. The zero-order valence-corrected chi connectivity index (χ0v) is 17.0. The molecule has 0 aliphatic carbocycles. The van der Waals surface area contributed by atoms with Gasteiger partial charge in [-0.1, -0.05) is 6.92 Å². The normalized spacial score (nSPS) is 23.3. The molecule has 1 aromatic rings. The van der Waals surface area contributed by atoms with Gasteiger partial charge in [-0.2, -0.15) is 4.31 Å². The summed E-state index contributed by atoms with van der Waals surface area (Å²) in [5.74, 6) is 0.321. The van der Waals surface area contributed by atoms with Gasteiger partial charge in [-0.15, -0.1) is 0 Å². The van der Waals surface area contributed by atoms with E-state index in [1.165, 1.54) is 0 Å². The van der Waals surface area contributed by atoms with Crippen molar-refractivity contribution >= 4 is 21.6 Å². The molecule has 3 rings (SSSR count). The molecule has 1 N–H and O–H groups in total. The van der Waals surface area contributed by atoms with Crippen LogP contribution in [0.3, 0.4) is 0 Å². The highest BCUT2D eigenvalue weighted by molar-refractivity contribution is 7.89.